The highest BCUT2D eigenvalue weighted by Gasteiger charge is 2.13. The molecule has 0 radical (unpaired) electrons. The van der Waals surface area contributed by atoms with Crippen LogP contribution >= 0.6 is 11.3 Å². The summed E-state index contributed by atoms with van der Waals surface area (Å²) in [5.41, 5.74) is 0.560. The van der Waals surface area contributed by atoms with E-state index in [-0.39, 0.29) is 11.8 Å². The number of nitrogens with zero attached hydrogens (tertiary/aromatic N) is 1. The predicted octanol–water partition coefficient (Wildman–Crippen LogP) is 3.23. The van der Waals surface area contributed by atoms with Crippen LogP contribution in [0.1, 0.15) is 30.0 Å². The number of phenolic OH excluding ortho intramolecular Hbond substituents is 1. The number of para-hydroxylation sites is 1. The van der Waals surface area contributed by atoms with E-state index in [0.29, 0.717) is 12.1 Å². The molecule has 2 N–H and O–H groups in total. The van der Waals surface area contributed by atoms with E-state index in [1.807, 2.05) is 5.38 Å². The number of benzene rings is 1. The summed E-state index contributed by atoms with van der Waals surface area (Å²) in [6, 6.07) is 4.68. The van der Waals surface area contributed by atoms with Gasteiger partial charge in [-0.05, 0) is 12.5 Å². The zero-order valence-corrected chi connectivity index (χ0v) is 10.9. The molecule has 3 nitrogen and oxygen atoms in total. The largest absolute Gasteiger partial charge is 0.505 e. The third-order valence-electron chi connectivity index (χ3n) is 2.77. The maximum absolute atomic E-state index is 13.2. The molecule has 0 amide bonds. The van der Waals surface area contributed by atoms with Gasteiger partial charge in [0.1, 0.15) is 5.01 Å². The Balaban J connectivity index is 2.04. The summed E-state index contributed by atoms with van der Waals surface area (Å²) in [7, 11) is 0. The van der Waals surface area contributed by atoms with Gasteiger partial charge in [-0.1, -0.05) is 19.1 Å². The number of phenols is 1. The van der Waals surface area contributed by atoms with E-state index < -0.39 is 5.82 Å². The molecule has 5 heteroatoms. The van der Waals surface area contributed by atoms with Gasteiger partial charge in [-0.25, -0.2) is 9.37 Å². The van der Waals surface area contributed by atoms with Crippen LogP contribution in [-0.2, 0) is 6.54 Å². The van der Waals surface area contributed by atoms with Crippen LogP contribution in [0.5, 0.6) is 5.75 Å². The second-order valence-electron chi connectivity index (χ2n) is 3.96. The van der Waals surface area contributed by atoms with Crippen molar-refractivity contribution in [3.05, 3.63) is 46.2 Å². The van der Waals surface area contributed by atoms with Crippen molar-refractivity contribution in [1.29, 1.82) is 0 Å². The average Bonchev–Trinajstić information content (AvgIpc) is 2.89. The number of halogens is 1. The minimum absolute atomic E-state index is 0.132. The van der Waals surface area contributed by atoms with Crippen LogP contribution in [0.25, 0.3) is 0 Å². The summed E-state index contributed by atoms with van der Waals surface area (Å²) >= 11 is 1.59. The van der Waals surface area contributed by atoms with Crippen LogP contribution in [-0.4, -0.2) is 10.1 Å². The molecule has 18 heavy (non-hydrogen) atoms. The zero-order chi connectivity index (χ0) is 13.0. The fourth-order valence-electron chi connectivity index (χ4n) is 1.75. The van der Waals surface area contributed by atoms with Gasteiger partial charge >= 0.3 is 0 Å². The van der Waals surface area contributed by atoms with Crippen molar-refractivity contribution in [3.63, 3.8) is 0 Å². The van der Waals surface area contributed by atoms with Crippen LogP contribution < -0.4 is 5.32 Å². The first kappa shape index (κ1) is 13.0. The van der Waals surface area contributed by atoms with Crippen molar-refractivity contribution < 1.29 is 9.50 Å². The molecule has 1 aromatic carbocycles. The number of hydrogen-bond acceptors (Lipinski definition) is 4. The summed E-state index contributed by atoms with van der Waals surface area (Å²) < 4.78 is 13.2. The minimum Gasteiger partial charge on any atom is -0.505 e. The van der Waals surface area contributed by atoms with Crippen molar-refractivity contribution in [2.75, 3.05) is 0 Å². The highest BCUT2D eigenvalue weighted by molar-refractivity contribution is 7.09. The molecule has 0 saturated heterocycles. The molecule has 0 fully saturated rings. The molecule has 96 valence electrons. The van der Waals surface area contributed by atoms with Gasteiger partial charge in [0.25, 0.3) is 0 Å². The van der Waals surface area contributed by atoms with Gasteiger partial charge in [0.15, 0.2) is 11.6 Å². The van der Waals surface area contributed by atoms with Crippen molar-refractivity contribution >= 4 is 11.3 Å². The Morgan fingerprint density at radius 3 is 3.00 bits per heavy atom. The van der Waals surface area contributed by atoms with Gasteiger partial charge < -0.3 is 10.4 Å². The number of hydrogen-bond donors (Lipinski definition) is 2. The van der Waals surface area contributed by atoms with Crippen LogP contribution in [0.2, 0.25) is 0 Å². The molecule has 2 rings (SSSR count). The zero-order valence-electron chi connectivity index (χ0n) is 10.1. The second-order valence-corrected chi connectivity index (χ2v) is 4.89. The SMILES string of the molecule is CCC(NCc1cccc(F)c1O)c1nccs1. The van der Waals surface area contributed by atoms with E-state index in [2.05, 4.69) is 17.2 Å². The smallest absolute Gasteiger partial charge is 0.165 e. The van der Waals surface area contributed by atoms with Gasteiger partial charge in [0, 0.05) is 23.7 Å². The predicted molar refractivity (Wildman–Crippen MR) is 70.1 cm³/mol. The standard InChI is InChI=1S/C13H15FN2OS/c1-2-11(13-15-6-7-18-13)16-8-9-4-3-5-10(14)12(9)17/h3-7,11,16-17H,2,8H2,1H3. The van der Waals surface area contributed by atoms with Gasteiger partial charge in [-0.15, -0.1) is 11.3 Å². The summed E-state index contributed by atoms with van der Waals surface area (Å²) in [5, 5.41) is 15.8. The Labute approximate surface area is 109 Å². The Bertz CT molecular complexity index is 502. The molecule has 0 bridgehead atoms. The van der Waals surface area contributed by atoms with Crippen LogP contribution in [0, 0.1) is 5.82 Å². The first-order chi connectivity index (χ1) is 8.72. The van der Waals surface area contributed by atoms with Crippen LogP contribution in [0.15, 0.2) is 29.8 Å². The summed E-state index contributed by atoms with van der Waals surface area (Å²) in [6.45, 7) is 2.48. The monoisotopic (exact) mass is 266 g/mol. The lowest BCUT2D eigenvalue weighted by molar-refractivity contribution is 0.418. The van der Waals surface area contributed by atoms with Crippen LogP contribution in [0.4, 0.5) is 4.39 Å². The second kappa shape index (κ2) is 5.93. The molecule has 0 aliphatic rings. The normalized spacial score (nSPS) is 12.6. The number of aromatic hydroxyl groups is 1. The number of nitrogens with one attached hydrogen (secondary N) is 1. The number of thiazole rings is 1. The lowest BCUT2D eigenvalue weighted by Crippen LogP contribution is -2.20. The third-order valence-corrected chi connectivity index (χ3v) is 3.66. The molecular weight excluding hydrogens is 251 g/mol. The fourth-order valence-corrected chi connectivity index (χ4v) is 2.55. The van der Waals surface area contributed by atoms with Crippen molar-refractivity contribution in [2.24, 2.45) is 0 Å². The fraction of sp³-hybridized carbons (Fsp3) is 0.308. The van der Waals surface area contributed by atoms with E-state index in [1.54, 1.807) is 29.7 Å². The van der Waals surface area contributed by atoms with Crippen molar-refractivity contribution in [3.8, 4) is 5.75 Å². The van der Waals surface area contributed by atoms with Gasteiger partial charge in [0.2, 0.25) is 0 Å². The van der Waals surface area contributed by atoms with Crippen molar-refractivity contribution in [2.45, 2.75) is 25.9 Å². The molecule has 0 aliphatic heterocycles. The van der Waals surface area contributed by atoms with E-state index >= 15 is 0 Å². The summed E-state index contributed by atoms with van der Waals surface area (Å²) in [4.78, 5) is 4.26. The molecule has 1 aromatic heterocycles. The average molecular weight is 266 g/mol. The van der Waals surface area contributed by atoms with E-state index in [9.17, 15) is 9.50 Å². The molecule has 1 unspecified atom stereocenters. The minimum atomic E-state index is -0.586. The third kappa shape index (κ3) is 2.86. The highest BCUT2D eigenvalue weighted by atomic mass is 32.1. The highest BCUT2D eigenvalue weighted by Crippen LogP contribution is 2.23. The maximum atomic E-state index is 13.2. The van der Waals surface area contributed by atoms with E-state index in [4.69, 9.17) is 0 Å². The van der Waals surface area contributed by atoms with Crippen molar-refractivity contribution in [1.82, 2.24) is 10.3 Å². The van der Waals surface area contributed by atoms with Crippen LogP contribution in [0.3, 0.4) is 0 Å². The van der Waals surface area contributed by atoms with Gasteiger partial charge in [-0.2, -0.15) is 0 Å². The molecule has 0 saturated carbocycles. The summed E-state index contributed by atoms with van der Waals surface area (Å²) in [5.74, 6) is -0.865. The molecule has 1 heterocycles. The summed E-state index contributed by atoms with van der Waals surface area (Å²) in [6.07, 6.45) is 2.66. The Hall–Kier alpha value is -1.46. The lowest BCUT2D eigenvalue weighted by atomic mass is 10.1. The molecular formula is C13H15FN2OS. The Morgan fingerprint density at radius 1 is 1.50 bits per heavy atom. The first-order valence-electron chi connectivity index (χ1n) is 5.81. The maximum Gasteiger partial charge on any atom is 0.165 e. The quantitative estimate of drug-likeness (QED) is 0.873. The number of aromatic nitrogens is 1. The Kier molecular flexibility index (Phi) is 4.28. The number of rotatable bonds is 5. The topological polar surface area (TPSA) is 45.1 Å². The Morgan fingerprint density at radius 2 is 2.33 bits per heavy atom. The molecule has 0 spiro atoms. The van der Waals surface area contributed by atoms with Gasteiger partial charge in [-0.3, -0.25) is 0 Å². The lowest BCUT2D eigenvalue weighted by Gasteiger charge is -2.15. The molecule has 0 aliphatic carbocycles. The molecule has 2 aromatic rings. The van der Waals surface area contributed by atoms with Gasteiger partial charge in [0.05, 0.1) is 6.04 Å². The molecule has 1 atom stereocenters. The van der Waals surface area contributed by atoms with E-state index in [1.165, 1.54) is 6.07 Å². The van der Waals surface area contributed by atoms with E-state index in [0.717, 1.165) is 11.4 Å². The first-order valence-corrected chi connectivity index (χ1v) is 6.69.